The maximum absolute atomic E-state index is 13.7. The van der Waals surface area contributed by atoms with Crippen LogP contribution in [0.3, 0.4) is 0 Å². The Balaban J connectivity index is 1.47. The van der Waals surface area contributed by atoms with E-state index in [4.69, 9.17) is 4.74 Å². The van der Waals surface area contributed by atoms with Gasteiger partial charge in [0.2, 0.25) is 10.0 Å². The van der Waals surface area contributed by atoms with Gasteiger partial charge in [0.15, 0.2) is 5.79 Å². The van der Waals surface area contributed by atoms with E-state index in [9.17, 15) is 23.4 Å². The molecule has 1 atom stereocenters. The van der Waals surface area contributed by atoms with Crippen molar-refractivity contribution >= 4 is 32.5 Å². The lowest BCUT2D eigenvalue weighted by Crippen LogP contribution is -2.59. The molecule has 1 saturated heterocycles. The summed E-state index contributed by atoms with van der Waals surface area (Å²) in [5.41, 5.74) is 3.23. The molecule has 11 heteroatoms. The van der Waals surface area contributed by atoms with Gasteiger partial charge in [-0.15, -0.1) is 0 Å². The van der Waals surface area contributed by atoms with Crippen LogP contribution in [0.2, 0.25) is 0 Å². The first-order valence-electron chi connectivity index (χ1n) is 13.8. The highest BCUT2D eigenvalue weighted by molar-refractivity contribution is 7.92. The molecule has 1 aromatic heterocycles. The molecule has 0 unspecified atom stereocenters. The van der Waals surface area contributed by atoms with Crippen LogP contribution in [0, 0.1) is 0 Å². The second-order valence-electron chi connectivity index (χ2n) is 10.7. The highest BCUT2D eigenvalue weighted by Crippen LogP contribution is 2.37. The molecule has 2 aliphatic rings. The van der Waals surface area contributed by atoms with E-state index in [1.54, 1.807) is 12.1 Å². The number of aryl methyl sites for hydroxylation is 2. The molecule has 0 radical (unpaired) electrons. The summed E-state index contributed by atoms with van der Waals surface area (Å²) in [6.45, 7) is 3.74. The molecule has 216 valence electrons. The number of aromatic nitrogens is 1. The standard InChI is InChI=1S/C29H38N4O6S/c1-3-33-18-21-11-14-40(37,38)32(2)24-16-22(17-25(33)27(21)24)28(34)31-26(15-20-7-5-4-6-8-20)29(35,36)19-30-23-9-12-39-13-10-23/h4-8,16-18,23,26,30,35-36H,3,9-15,19H2,1-2H3,(H,31,34)/t26-/m0/s1. The second kappa shape index (κ2) is 11.5. The molecule has 4 N–H and O–H groups in total. The average Bonchev–Trinajstić information content (AvgIpc) is 3.28. The average molecular weight is 571 g/mol. The van der Waals surface area contributed by atoms with E-state index in [2.05, 4.69) is 10.6 Å². The van der Waals surface area contributed by atoms with Gasteiger partial charge in [0.1, 0.15) is 0 Å². The van der Waals surface area contributed by atoms with Crippen LogP contribution in [-0.4, -0.2) is 79.5 Å². The Bertz CT molecular complexity index is 1460. The molecule has 0 bridgehead atoms. The van der Waals surface area contributed by atoms with Crippen molar-refractivity contribution in [1.82, 2.24) is 15.2 Å². The molecule has 1 amide bonds. The lowest BCUT2D eigenvalue weighted by molar-refractivity contribution is -0.179. The predicted molar refractivity (Wildman–Crippen MR) is 154 cm³/mol. The Hall–Kier alpha value is -2.96. The number of ether oxygens (including phenoxy) is 1. The minimum atomic E-state index is -3.55. The number of hydrogen-bond acceptors (Lipinski definition) is 7. The Morgan fingerprint density at radius 2 is 1.90 bits per heavy atom. The number of nitrogens with one attached hydrogen (secondary N) is 2. The Morgan fingerprint density at radius 1 is 1.18 bits per heavy atom. The van der Waals surface area contributed by atoms with Crippen molar-refractivity contribution in [2.75, 3.05) is 36.9 Å². The molecule has 3 aromatic rings. The fourth-order valence-electron chi connectivity index (χ4n) is 5.59. The van der Waals surface area contributed by atoms with E-state index >= 15 is 0 Å². The van der Waals surface area contributed by atoms with Crippen LogP contribution in [0.1, 0.15) is 41.3 Å². The molecule has 1 fully saturated rings. The topological polar surface area (TPSA) is 133 Å². The van der Waals surface area contributed by atoms with Crippen LogP contribution in [0.25, 0.3) is 10.9 Å². The van der Waals surface area contributed by atoms with Crippen molar-refractivity contribution in [3.05, 3.63) is 65.4 Å². The quantitative estimate of drug-likeness (QED) is 0.288. The van der Waals surface area contributed by atoms with Crippen molar-refractivity contribution < 1.29 is 28.2 Å². The summed E-state index contributed by atoms with van der Waals surface area (Å²) in [5.74, 6) is -2.78. The normalized spacial score (nSPS) is 18.4. The van der Waals surface area contributed by atoms with Crippen LogP contribution in [0.15, 0.2) is 48.7 Å². The van der Waals surface area contributed by atoms with Crippen LogP contribution in [-0.2, 0) is 34.1 Å². The minimum absolute atomic E-state index is 0.0145. The van der Waals surface area contributed by atoms with Gasteiger partial charge in [-0.25, -0.2) is 8.42 Å². The van der Waals surface area contributed by atoms with Gasteiger partial charge in [0.05, 0.1) is 29.5 Å². The highest BCUT2D eigenvalue weighted by atomic mass is 32.2. The molecule has 2 aromatic carbocycles. The van der Waals surface area contributed by atoms with Crippen molar-refractivity contribution in [1.29, 1.82) is 0 Å². The second-order valence-corrected chi connectivity index (χ2v) is 12.8. The third kappa shape index (κ3) is 5.89. The van der Waals surface area contributed by atoms with Gasteiger partial charge in [0, 0.05) is 50.0 Å². The van der Waals surface area contributed by atoms with Crippen molar-refractivity contribution in [3.63, 3.8) is 0 Å². The molecule has 2 aliphatic heterocycles. The number of aliphatic hydroxyl groups is 2. The van der Waals surface area contributed by atoms with Crippen LogP contribution in [0.5, 0.6) is 0 Å². The number of amides is 1. The molecule has 3 heterocycles. The van der Waals surface area contributed by atoms with E-state index in [0.29, 0.717) is 31.9 Å². The lowest BCUT2D eigenvalue weighted by atomic mass is 9.96. The molecule has 0 aliphatic carbocycles. The highest BCUT2D eigenvalue weighted by Gasteiger charge is 2.37. The fourth-order valence-corrected chi connectivity index (χ4v) is 6.78. The van der Waals surface area contributed by atoms with E-state index < -0.39 is 27.8 Å². The lowest BCUT2D eigenvalue weighted by Gasteiger charge is -2.34. The van der Waals surface area contributed by atoms with Crippen LogP contribution < -0.4 is 14.9 Å². The smallest absolute Gasteiger partial charge is 0.251 e. The minimum Gasteiger partial charge on any atom is -0.381 e. The van der Waals surface area contributed by atoms with Crippen molar-refractivity contribution in [2.45, 2.75) is 57.0 Å². The van der Waals surface area contributed by atoms with Gasteiger partial charge < -0.3 is 30.2 Å². The molecule has 0 spiro atoms. The Labute approximate surface area is 235 Å². The Kier molecular flexibility index (Phi) is 8.21. The zero-order valence-corrected chi connectivity index (χ0v) is 23.8. The van der Waals surface area contributed by atoms with Gasteiger partial charge in [0.25, 0.3) is 5.91 Å². The first-order valence-corrected chi connectivity index (χ1v) is 15.4. The zero-order chi connectivity index (χ0) is 28.5. The number of anilines is 1. The Morgan fingerprint density at radius 3 is 2.60 bits per heavy atom. The largest absolute Gasteiger partial charge is 0.381 e. The van der Waals surface area contributed by atoms with Crippen molar-refractivity contribution in [3.8, 4) is 0 Å². The number of carbonyl (C=O) groups is 1. The first-order chi connectivity index (χ1) is 19.1. The van der Waals surface area contributed by atoms with Gasteiger partial charge in [-0.3, -0.25) is 9.10 Å². The third-order valence-electron chi connectivity index (χ3n) is 8.05. The number of hydrogen-bond donors (Lipinski definition) is 4. The summed E-state index contributed by atoms with van der Waals surface area (Å²) < 4.78 is 34.5. The summed E-state index contributed by atoms with van der Waals surface area (Å²) in [6, 6.07) is 11.7. The number of nitrogens with zero attached hydrogens (tertiary/aromatic N) is 2. The van der Waals surface area contributed by atoms with Gasteiger partial charge in [-0.1, -0.05) is 30.3 Å². The van der Waals surface area contributed by atoms with E-state index in [-0.39, 0.29) is 30.3 Å². The maximum Gasteiger partial charge on any atom is 0.251 e. The van der Waals surface area contributed by atoms with Gasteiger partial charge in [-0.2, -0.15) is 0 Å². The molecular formula is C29H38N4O6S. The van der Waals surface area contributed by atoms with Crippen LogP contribution >= 0.6 is 0 Å². The monoisotopic (exact) mass is 570 g/mol. The van der Waals surface area contributed by atoms with E-state index in [1.165, 1.54) is 11.4 Å². The first kappa shape index (κ1) is 28.6. The summed E-state index contributed by atoms with van der Waals surface area (Å²) >= 11 is 0. The fraction of sp³-hybridized carbons (Fsp3) is 0.483. The number of carbonyl (C=O) groups excluding carboxylic acids is 1. The summed E-state index contributed by atoms with van der Waals surface area (Å²) in [7, 11) is -2.04. The van der Waals surface area contributed by atoms with Crippen molar-refractivity contribution in [2.24, 2.45) is 0 Å². The van der Waals surface area contributed by atoms with Gasteiger partial charge >= 0.3 is 0 Å². The number of sulfonamides is 1. The predicted octanol–water partition coefficient (Wildman–Crippen LogP) is 1.77. The summed E-state index contributed by atoms with van der Waals surface area (Å²) in [4.78, 5) is 13.7. The SMILES string of the molecule is CCn1cc2c3c(cc(C(=O)N[C@@H](Cc4ccccc4)C(O)(O)CNC4CCOCC4)cc31)N(C)S(=O)(=O)CC2. The molecule has 0 saturated carbocycles. The maximum atomic E-state index is 13.7. The van der Waals surface area contributed by atoms with E-state index in [1.807, 2.05) is 48.0 Å². The third-order valence-corrected chi connectivity index (χ3v) is 9.80. The van der Waals surface area contributed by atoms with E-state index in [0.717, 1.165) is 34.9 Å². The molecule has 10 nitrogen and oxygen atoms in total. The zero-order valence-electron chi connectivity index (χ0n) is 23.0. The summed E-state index contributed by atoms with van der Waals surface area (Å²) in [5, 5.41) is 29.4. The molecule has 40 heavy (non-hydrogen) atoms. The summed E-state index contributed by atoms with van der Waals surface area (Å²) in [6.07, 6.45) is 4.07. The van der Waals surface area contributed by atoms with Gasteiger partial charge in [-0.05, 0) is 55.9 Å². The van der Waals surface area contributed by atoms with Crippen LogP contribution in [0.4, 0.5) is 5.69 Å². The number of rotatable bonds is 9. The number of benzene rings is 2. The molecule has 5 rings (SSSR count). The molecular weight excluding hydrogens is 532 g/mol.